The molecular weight excluding hydrogens is 184 g/mol. The first-order valence-electron chi connectivity index (χ1n) is 5.06. The van der Waals surface area contributed by atoms with Gasteiger partial charge in [-0.15, -0.1) is 0 Å². The Balaban J connectivity index is 2.08. The van der Waals surface area contributed by atoms with Gasteiger partial charge in [0.25, 0.3) is 0 Å². The lowest BCUT2D eigenvalue weighted by atomic mass is 10.1. The quantitative estimate of drug-likeness (QED) is 0.667. The maximum absolute atomic E-state index is 4.38. The molecule has 0 unspecified atom stereocenters. The maximum atomic E-state index is 4.38. The van der Waals surface area contributed by atoms with E-state index in [2.05, 4.69) is 30.2 Å². The highest BCUT2D eigenvalue weighted by Gasteiger charge is 1.96. The van der Waals surface area contributed by atoms with Crippen molar-refractivity contribution in [3.8, 4) is 0 Å². The van der Waals surface area contributed by atoms with Gasteiger partial charge in [0, 0.05) is 6.20 Å². The SMILES string of the molecule is Cc1ccccc1C=NN1C=CC=CC1. The summed E-state index contributed by atoms with van der Waals surface area (Å²) < 4.78 is 0. The molecule has 1 heterocycles. The van der Waals surface area contributed by atoms with Crippen molar-refractivity contribution < 1.29 is 0 Å². The van der Waals surface area contributed by atoms with Gasteiger partial charge in [-0.05, 0) is 24.1 Å². The Hall–Kier alpha value is -1.83. The fourth-order valence-corrected chi connectivity index (χ4v) is 1.41. The van der Waals surface area contributed by atoms with E-state index >= 15 is 0 Å². The van der Waals surface area contributed by atoms with Crippen molar-refractivity contribution in [2.45, 2.75) is 6.92 Å². The van der Waals surface area contributed by atoms with E-state index in [1.807, 2.05) is 41.7 Å². The lowest BCUT2D eigenvalue weighted by Gasteiger charge is -2.13. The molecule has 0 spiro atoms. The molecule has 2 heteroatoms. The molecule has 0 N–H and O–H groups in total. The summed E-state index contributed by atoms with van der Waals surface area (Å²) in [7, 11) is 0. The molecule has 0 bridgehead atoms. The summed E-state index contributed by atoms with van der Waals surface area (Å²) in [5, 5.41) is 6.29. The summed E-state index contributed by atoms with van der Waals surface area (Å²) in [6.07, 6.45) is 9.96. The molecule has 15 heavy (non-hydrogen) atoms. The van der Waals surface area contributed by atoms with Crippen LogP contribution in [-0.4, -0.2) is 17.8 Å². The van der Waals surface area contributed by atoms with Crippen LogP contribution in [0.3, 0.4) is 0 Å². The standard InChI is InChI=1S/C13H14N2/c1-12-7-3-4-8-13(12)11-14-15-9-5-2-6-10-15/h2-9,11H,10H2,1H3. The van der Waals surface area contributed by atoms with Gasteiger partial charge in [0.15, 0.2) is 0 Å². The van der Waals surface area contributed by atoms with Crippen molar-refractivity contribution in [1.29, 1.82) is 0 Å². The zero-order chi connectivity index (χ0) is 10.5. The van der Waals surface area contributed by atoms with Gasteiger partial charge in [-0.3, -0.25) is 5.01 Å². The highest BCUT2D eigenvalue weighted by atomic mass is 15.4. The molecule has 1 aromatic rings. The van der Waals surface area contributed by atoms with Crippen LogP contribution in [0.4, 0.5) is 0 Å². The van der Waals surface area contributed by atoms with Crippen LogP contribution in [0.2, 0.25) is 0 Å². The fourth-order valence-electron chi connectivity index (χ4n) is 1.41. The smallest absolute Gasteiger partial charge is 0.0592 e. The Morgan fingerprint density at radius 2 is 2.13 bits per heavy atom. The van der Waals surface area contributed by atoms with Gasteiger partial charge in [-0.2, -0.15) is 5.10 Å². The van der Waals surface area contributed by atoms with Crippen molar-refractivity contribution in [2.75, 3.05) is 6.54 Å². The van der Waals surface area contributed by atoms with Gasteiger partial charge < -0.3 is 0 Å². The zero-order valence-electron chi connectivity index (χ0n) is 8.80. The minimum absolute atomic E-state index is 0.846. The van der Waals surface area contributed by atoms with Crippen molar-refractivity contribution in [3.05, 3.63) is 59.8 Å². The summed E-state index contributed by atoms with van der Waals surface area (Å²) in [5.74, 6) is 0. The van der Waals surface area contributed by atoms with Crippen LogP contribution in [0.15, 0.2) is 53.8 Å². The molecule has 1 aromatic carbocycles. The first-order valence-corrected chi connectivity index (χ1v) is 5.06. The predicted molar refractivity (Wildman–Crippen MR) is 63.8 cm³/mol. The molecule has 0 aromatic heterocycles. The number of hydrazone groups is 1. The minimum Gasteiger partial charge on any atom is -0.269 e. The van der Waals surface area contributed by atoms with Crippen LogP contribution >= 0.6 is 0 Å². The number of allylic oxidation sites excluding steroid dienone is 2. The molecule has 0 amide bonds. The highest BCUT2D eigenvalue weighted by molar-refractivity contribution is 5.81. The number of nitrogens with zero attached hydrogens (tertiary/aromatic N) is 2. The fraction of sp³-hybridized carbons (Fsp3) is 0.154. The second kappa shape index (κ2) is 4.60. The van der Waals surface area contributed by atoms with Gasteiger partial charge in [0.2, 0.25) is 0 Å². The zero-order valence-corrected chi connectivity index (χ0v) is 8.80. The van der Waals surface area contributed by atoms with E-state index in [4.69, 9.17) is 0 Å². The average Bonchev–Trinajstić information content (AvgIpc) is 2.29. The maximum Gasteiger partial charge on any atom is 0.0592 e. The van der Waals surface area contributed by atoms with E-state index in [0.29, 0.717) is 0 Å². The third-order valence-corrected chi connectivity index (χ3v) is 2.33. The molecule has 0 radical (unpaired) electrons. The second-order valence-electron chi connectivity index (χ2n) is 3.49. The van der Waals surface area contributed by atoms with Crippen molar-refractivity contribution in [1.82, 2.24) is 5.01 Å². The van der Waals surface area contributed by atoms with Crippen LogP contribution in [0, 0.1) is 6.92 Å². The number of benzene rings is 1. The normalized spacial score (nSPS) is 15.1. The van der Waals surface area contributed by atoms with Gasteiger partial charge in [-0.25, -0.2) is 0 Å². The molecule has 2 nitrogen and oxygen atoms in total. The van der Waals surface area contributed by atoms with Crippen LogP contribution in [-0.2, 0) is 0 Å². The van der Waals surface area contributed by atoms with E-state index in [0.717, 1.165) is 6.54 Å². The average molecular weight is 198 g/mol. The van der Waals surface area contributed by atoms with Gasteiger partial charge in [0.05, 0.1) is 12.8 Å². The second-order valence-corrected chi connectivity index (χ2v) is 3.49. The largest absolute Gasteiger partial charge is 0.269 e. The Morgan fingerprint density at radius 1 is 1.27 bits per heavy atom. The molecule has 76 valence electrons. The molecular formula is C13H14N2. The van der Waals surface area contributed by atoms with E-state index in [1.165, 1.54) is 11.1 Å². The number of rotatable bonds is 2. The van der Waals surface area contributed by atoms with Gasteiger partial charge in [-0.1, -0.05) is 36.4 Å². The van der Waals surface area contributed by atoms with Crippen LogP contribution in [0.25, 0.3) is 0 Å². The Morgan fingerprint density at radius 3 is 2.87 bits per heavy atom. The molecule has 0 saturated carbocycles. The minimum atomic E-state index is 0.846. The first kappa shape index (κ1) is 9.71. The molecule has 0 atom stereocenters. The number of hydrogen-bond acceptors (Lipinski definition) is 2. The Labute approximate surface area is 90.2 Å². The van der Waals surface area contributed by atoms with Crippen LogP contribution in [0.1, 0.15) is 11.1 Å². The molecule has 1 aliphatic heterocycles. The molecule has 0 fully saturated rings. The summed E-state index contributed by atoms with van der Waals surface area (Å²) in [6.45, 7) is 2.94. The van der Waals surface area contributed by atoms with Gasteiger partial charge >= 0.3 is 0 Å². The van der Waals surface area contributed by atoms with E-state index < -0.39 is 0 Å². The summed E-state index contributed by atoms with van der Waals surface area (Å²) in [4.78, 5) is 0. The van der Waals surface area contributed by atoms with Crippen molar-refractivity contribution in [2.24, 2.45) is 5.10 Å². The number of hydrogen-bond donors (Lipinski definition) is 0. The molecule has 2 rings (SSSR count). The Kier molecular flexibility index (Phi) is 2.98. The van der Waals surface area contributed by atoms with E-state index in [-0.39, 0.29) is 0 Å². The predicted octanol–water partition coefficient (Wildman–Crippen LogP) is 2.71. The van der Waals surface area contributed by atoms with E-state index in [1.54, 1.807) is 0 Å². The van der Waals surface area contributed by atoms with Crippen LogP contribution < -0.4 is 0 Å². The van der Waals surface area contributed by atoms with Crippen molar-refractivity contribution >= 4 is 6.21 Å². The summed E-state index contributed by atoms with van der Waals surface area (Å²) in [5.41, 5.74) is 2.42. The van der Waals surface area contributed by atoms with E-state index in [9.17, 15) is 0 Å². The molecule has 1 aliphatic rings. The highest BCUT2D eigenvalue weighted by Crippen LogP contribution is 2.05. The van der Waals surface area contributed by atoms with Crippen LogP contribution in [0.5, 0.6) is 0 Å². The van der Waals surface area contributed by atoms with Crippen molar-refractivity contribution in [3.63, 3.8) is 0 Å². The molecule has 0 saturated heterocycles. The number of aryl methyl sites for hydroxylation is 1. The molecule has 0 aliphatic carbocycles. The first-order chi connectivity index (χ1) is 7.36. The third kappa shape index (κ3) is 2.56. The Bertz CT molecular complexity index is 416. The lowest BCUT2D eigenvalue weighted by Crippen LogP contribution is -2.11. The summed E-state index contributed by atoms with van der Waals surface area (Å²) in [6, 6.07) is 8.23. The monoisotopic (exact) mass is 198 g/mol. The third-order valence-electron chi connectivity index (χ3n) is 2.33. The topological polar surface area (TPSA) is 15.6 Å². The van der Waals surface area contributed by atoms with Gasteiger partial charge in [0.1, 0.15) is 0 Å². The summed E-state index contributed by atoms with van der Waals surface area (Å²) >= 11 is 0. The lowest BCUT2D eigenvalue weighted by molar-refractivity contribution is 0.442.